The van der Waals surface area contributed by atoms with E-state index in [0.717, 1.165) is 11.3 Å². The quantitative estimate of drug-likeness (QED) is 0.516. The Labute approximate surface area is 202 Å². The van der Waals surface area contributed by atoms with E-state index in [9.17, 15) is 9.59 Å². The molecule has 3 rings (SSSR count). The highest BCUT2D eigenvalue weighted by Crippen LogP contribution is 2.28. The van der Waals surface area contributed by atoms with Crippen molar-refractivity contribution in [2.24, 2.45) is 0 Å². The summed E-state index contributed by atoms with van der Waals surface area (Å²) in [7, 11) is 1.47. The van der Waals surface area contributed by atoms with Crippen molar-refractivity contribution in [3.05, 3.63) is 62.6 Å². The van der Waals surface area contributed by atoms with Gasteiger partial charge in [-0.3, -0.25) is 4.79 Å². The summed E-state index contributed by atoms with van der Waals surface area (Å²) in [4.78, 5) is 28.9. The third-order valence-electron chi connectivity index (χ3n) is 5.38. The Morgan fingerprint density at radius 2 is 1.66 bits per heavy atom. The van der Waals surface area contributed by atoms with Gasteiger partial charge in [-0.05, 0) is 42.8 Å². The molecule has 1 aliphatic rings. The van der Waals surface area contributed by atoms with Crippen LogP contribution in [0, 0.1) is 0 Å². The zero-order valence-corrected chi connectivity index (χ0v) is 20.2. The lowest BCUT2D eigenvalue weighted by atomic mass is 10.1. The molecule has 1 heterocycles. The molecule has 0 bridgehead atoms. The summed E-state index contributed by atoms with van der Waals surface area (Å²) >= 11 is 18.8. The highest BCUT2D eigenvalue weighted by Gasteiger charge is 2.26. The standard InChI is InChI=1S/C23H25Cl3N2O4/c1-3-32-23(30)20(31-2)14-15-13-16(7-8-17(15)24)27-9-11-28(12-10-27)22(29)21-18(25)5-4-6-19(21)26/h4-8,13,20H,3,9-12,14H2,1-2H3. The van der Waals surface area contributed by atoms with Crippen LogP contribution in [0.1, 0.15) is 22.8 Å². The lowest BCUT2D eigenvalue weighted by Crippen LogP contribution is -2.49. The molecular formula is C23H25Cl3N2O4. The molecule has 1 fully saturated rings. The van der Waals surface area contributed by atoms with Gasteiger partial charge in [0.05, 0.1) is 22.2 Å². The van der Waals surface area contributed by atoms with Gasteiger partial charge in [0.15, 0.2) is 6.10 Å². The van der Waals surface area contributed by atoms with Gasteiger partial charge in [-0.25, -0.2) is 4.79 Å². The second-order valence-electron chi connectivity index (χ2n) is 7.33. The van der Waals surface area contributed by atoms with Gasteiger partial charge in [0.1, 0.15) is 0 Å². The highest BCUT2D eigenvalue weighted by molar-refractivity contribution is 6.39. The summed E-state index contributed by atoms with van der Waals surface area (Å²) in [5.74, 6) is -0.587. The minimum atomic E-state index is -0.725. The first-order valence-electron chi connectivity index (χ1n) is 10.3. The molecule has 1 saturated heterocycles. The van der Waals surface area contributed by atoms with Crippen LogP contribution in [0.25, 0.3) is 0 Å². The molecule has 0 N–H and O–H groups in total. The van der Waals surface area contributed by atoms with E-state index in [-0.39, 0.29) is 12.5 Å². The maximum Gasteiger partial charge on any atom is 0.335 e. The minimum Gasteiger partial charge on any atom is -0.464 e. The first kappa shape index (κ1) is 24.6. The maximum atomic E-state index is 12.9. The number of ether oxygens (including phenoxy) is 2. The van der Waals surface area contributed by atoms with Crippen molar-refractivity contribution in [3.8, 4) is 0 Å². The number of halogens is 3. The fourth-order valence-electron chi connectivity index (χ4n) is 3.64. The molecule has 6 nitrogen and oxygen atoms in total. The number of carbonyl (C=O) groups excluding carboxylic acids is 2. The van der Waals surface area contributed by atoms with Crippen molar-refractivity contribution in [3.63, 3.8) is 0 Å². The molecule has 172 valence electrons. The molecule has 0 radical (unpaired) electrons. The van der Waals surface area contributed by atoms with Crippen LogP contribution in [0.5, 0.6) is 0 Å². The minimum absolute atomic E-state index is 0.172. The van der Waals surface area contributed by atoms with Gasteiger partial charge in [0.2, 0.25) is 0 Å². The predicted molar refractivity (Wildman–Crippen MR) is 127 cm³/mol. The number of piperazine rings is 1. The Morgan fingerprint density at radius 1 is 1.00 bits per heavy atom. The molecule has 0 aromatic heterocycles. The van der Waals surface area contributed by atoms with Gasteiger partial charge in [0, 0.05) is 50.4 Å². The number of carbonyl (C=O) groups is 2. The number of esters is 1. The summed E-state index contributed by atoms with van der Waals surface area (Å²) in [6.45, 7) is 4.38. The summed E-state index contributed by atoms with van der Waals surface area (Å²) in [6.07, 6.45) is -0.414. The SMILES string of the molecule is CCOC(=O)C(Cc1cc(N2CCN(C(=O)c3c(Cl)cccc3Cl)CC2)ccc1Cl)OC. The van der Waals surface area contributed by atoms with Crippen LogP contribution in [-0.4, -0.2) is 62.8 Å². The molecule has 0 spiro atoms. The fourth-order valence-corrected chi connectivity index (χ4v) is 4.39. The Balaban J connectivity index is 1.68. The Morgan fingerprint density at radius 3 is 2.25 bits per heavy atom. The van der Waals surface area contributed by atoms with Crippen LogP contribution >= 0.6 is 34.8 Å². The van der Waals surface area contributed by atoms with Crippen molar-refractivity contribution in [2.45, 2.75) is 19.4 Å². The first-order chi connectivity index (χ1) is 15.3. The lowest BCUT2D eigenvalue weighted by molar-refractivity contribution is -0.154. The number of anilines is 1. The second-order valence-corrected chi connectivity index (χ2v) is 8.55. The molecule has 2 aromatic rings. The number of methoxy groups -OCH3 is 1. The van der Waals surface area contributed by atoms with Gasteiger partial charge < -0.3 is 19.3 Å². The van der Waals surface area contributed by atoms with Crippen molar-refractivity contribution < 1.29 is 19.1 Å². The zero-order valence-electron chi connectivity index (χ0n) is 17.9. The normalized spacial score (nSPS) is 14.9. The van der Waals surface area contributed by atoms with Crippen LogP contribution in [-0.2, 0) is 20.7 Å². The second kappa shape index (κ2) is 11.2. The topological polar surface area (TPSA) is 59.1 Å². The molecule has 2 aromatic carbocycles. The van der Waals surface area contributed by atoms with Crippen molar-refractivity contribution in [1.82, 2.24) is 4.90 Å². The first-order valence-corrected chi connectivity index (χ1v) is 11.4. The number of benzene rings is 2. The van der Waals surface area contributed by atoms with Crippen molar-refractivity contribution in [1.29, 1.82) is 0 Å². The maximum absolute atomic E-state index is 12.9. The third kappa shape index (κ3) is 5.67. The Kier molecular flexibility index (Phi) is 8.65. The van der Waals surface area contributed by atoms with Gasteiger partial charge in [0.25, 0.3) is 5.91 Å². The van der Waals surface area contributed by atoms with Crippen LogP contribution in [0.15, 0.2) is 36.4 Å². The van der Waals surface area contributed by atoms with Gasteiger partial charge in [-0.2, -0.15) is 0 Å². The summed E-state index contributed by atoms with van der Waals surface area (Å²) < 4.78 is 10.4. The summed E-state index contributed by atoms with van der Waals surface area (Å²) in [6, 6.07) is 10.7. The van der Waals surface area contributed by atoms with Crippen LogP contribution < -0.4 is 4.90 Å². The van der Waals surface area contributed by atoms with E-state index in [0.29, 0.717) is 53.2 Å². The number of amides is 1. The average Bonchev–Trinajstić information content (AvgIpc) is 2.78. The molecular weight excluding hydrogens is 475 g/mol. The zero-order chi connectivity index (χ0) is 23.3. The number of hydrogen-bond donors (Lipinski definition) is 0. The van der Waals surface area contributed by atoms with E-state index in [2.05, 4.69) is 4.90 Å². The van der Waals surface area contributed by atoms with E-state index in [1.54, 1.807) is 30.0 Å². The molecule has 0 aliphatic carbocycles. The van der Waals surface area contributed by atoms with E-state index in [4.69, 9.17) is 44.3 Å². The Hall–Kier alpha value is -1.99. The lowest BCUT2D eigenvalue weighted by Gasteiger charge is -2.36. The molecule has 1 unspecified atom stereocenters. The number of rotatable bonds is 7. The van der Waals surface area contributed by atoms with E-state index < -0.39 is 12.1 Å². The summed E-state index contributed by atoms with van der Waals surface area (Å²) in [5.41, 5.74) is 2.10. The van der Waals surface area contributed by atoms with Gasteiger partial charge in [-0.15, -0.1) is 0 Å². The van der Waals surface area contributed by atoms with E-state index in [1.807, 2.05) is 18.2 Å². The van der Waals surface area contributed by atoms with Gasteiger partial charge in [-0.1, -0.05) is 40.9 Å². The fraction of sp³-hybridized carbons (Fsp3) is 0.391. The molecule has 1 aliphatic heterocycles. The summed E-state index contributed by atoms with van der Waals surface area (Å²) in [5, 5.41) is 1.26. The molecule has 1 amide bonds. The Bertz CT molecular complexity index is 957. The van der Waals surface area contributed by atoms with Crippen molar-refractivity contribution in [2.75, 3.05) is 44.8 Å². The molecule has 0 saturated carbocycles. The largest absolute Gasteiger partial charge is 0.464 e. The van der Waals surface area contributed by atoms with Gasteiger partial charge >= 0.3 is 5.97 Å². The smallest absolute Gasteiger partial charge is 0.335 e. The monoisotopic (exact) mass is 498 g/mol. The molecule has 1 atom stereocenters. The number of hydrogen-bond acceptors (Lipinski definition) is 5. The highest BCUT2D eigenvalue weighted by atomic mass is 35.5. The molecule has 9 heteroatoms. The van der Waals surface area contributed by atoms with Crippen LogP contribution in [0.3, 0.4) is 0 Å². The van der Waals surface area contributed by atoms with E-state index >= 15 is 0 Å². The van der Waals surface area contributed by atoms with E-state index in [1.165, 1.54) is 7.11 Å². The average molecular weight is 500 g/mol. The van der Waals surface area contributed by atoms with Crippen molar-refractivity contribution >= 4 is 52.4 Å². The molecule has 32 heavy (non-hydrogen) atoms. The third-order valence-corrected chi connectivity index (χ3v) is 6.38. The predicted octanol–water partition coefficient (Wildman–Crippen LogP) is 4.73. The number of nitrogens with zero attached hydrogens (tertiary/aromatic N) is 2. The van der Waals surface area contributed by atoms with Crippen LogP contribution in [0.4, 0.5) is 5.69 Å². The van der Waals surface area contributed by atoms with Crippen LogP contribution in [0.2, 0.25) is 15.1 Å².